The summed E-state index contributed by atoms with van der Waals surface area (Å²) in [7, 11) is -1.91. The summed E-state index contributed by atoms with van der Waals surface area (Å²) in [6.45, 7) is 1.87. The maximum absolute atomic E-state index is 12.5. The lowest BCUT2D eigenvalue weighted by Crippen LogP contribution is -2.31. The Kier molecular flexibility index (Phi) is 4.32. The Bertz CT molecular complexity index is 529. The van der Waals surface area contributed by atoms with Crippen LogP contribution in [-0.4, -0.2) is 31.4 Å². The zero-order chi connectivity index (χ0) is 14.0. The number of hydrogen-bond acceptors (Lipinski definition) is 4. The smallest absolute Gasteiger partial charge is 0.246 e. The van der Waals surface area contributed by atoms with Gasteiger partial charge in [0.1, 0.15) is 23.0 Å². The van der Waals surface area contributed by atoms with Gasteiger partial charge in [-0.3, -0.25) is 0 Å². The molecule has 1 aliphatic carbocycles. The molecule has 1 fully saturated rings. The lowest BCUT2D eigenvalue weighted by atomic mass is 10.1. The van der Waals surface area contributed by atoms with Crippen LogP contribution >= 0.6 is 0 Å². The summed E-state index contributed by atoms with van der Waals surface area (Å²) in [6.07, 6.45) is 4.59. The number of sulfonamides is 1. The van der Waals surface area contributed by atoms with Gasteiger partial charge in [0.2, 0.25) is 10.0 Å². The van der Waals surface area contributed by atoms with E-state index in [2.05, 4.69) is 0 Å². The number of aliphatic hydroxyl groups is 1. The van der Waals surface area contributed by atoms with E-state index in [4.69, 9.17) is 9.52 Å². The van der Waals surface area contributed by atoms with E-state index in [1.54, 1.807) is 14.0 Å². The van der Waals surface area contributed by atoms with E-state index in [1.807, 2.05) is 0 Å². The van der Waals surface area contributed by atoms with Crippen molar-refractivity contribution in [2.24, 2.45) is 5.92 Å². The maximum atomic E-state index is 12.5. The Morgan fingerprint density at radius 2 is 2.05 bits per heavy atom. The minimum Gasteiger partial charge on any atom is -0.462 e. The molecular formula is C13H21NO4S. The van der Waals surface area contributed by atoms with Gasteiger partial charge in [0.05, 0.1) is 0 Å². The molecule has 0 aromatic carbocycles. The first kappa shape index (κ1) is 14.6. The predicted molar refractivity (Wildman–Crippen MR) is 71.1 cm³/mol. The molecule has 1 aromatic heterocycles. The second kappa shape index (κ2) is 5.64. The first-order valence-corrected chi connectivity index (χ1v) is 8.05. The van der Waals surface area contributed by atoms with Crippen LogP contribution in [0.3, 0.4) is 0 Å². The van der Waals surface area contributed by atoms with Gasteiger partial charge in [-0.1, -0.05) is 12.8 Å². The van der Waals surface area contributed by atoms with Crippen molar-refractivity contribution < 1.29 is 17.9 Å². The largest absolute Gasteiger partial charge is 0.462 e. The Hall–Kier alpha value is -0.850. The third-order valence-electron chi connectivity index (χ3n) is 3.76. The standard InChI is InChI=1S/C13H21NO4S/c1-10-13(7-12(9-15)18-10)19(16,17)14(2)8-11-5-3-4-6-11/h7,11,15H,3-6,8-9H2,1-2H3. The van der Waals surface area contributed by atoms with Crippen molar-refractivity contribution in [3.8, 4) is 0 Å². The van der Waals surface area contributed by atoms with Gasteiger partial charge in [0.15, 0.2) is 0 Å². The van der Waals surface area contributed by atoms with Gasteiger partial charge in [0.25, 0.3) is 0 Å². The molecule has 1 heterocycles. The highest BCUT2D eigenvalue weighted by molar-refractivity contribution is 7.89. The molecule has 5 nitrogen and oxygen atoms in total. The van der Waals surface area contributed by atoms with Crippen molar-refractivity contribution in [2.45, 2.75) is 44.1 Å². The Labute approximate surface area is 114 Å². The predicted octanol–water partition coefficient (Wildman–Crippen LogP) is 1.89. The molecule has 19 heavy (non-hydrogen) atoms. The Morgan fingerprint density at radius 3 is 2.58 bits per heavy atom. The van der Waals surface area contributed by atoms with Gasteiger partial charge in [-0.25, -0.2) is 12.7 Å². The molecule has 0 radical (unpaired) electrons. The summed E-state index contributed by atoms with van der Waals surface area (Å²) in [5.74, 6) is 1.08. The average Bonchev–Trinajstić information content (AvgIpc) is 2.98. The normalized spacial score (nSPS) is 17.5. The quantitative estimate of drug-likeness (QED) is 0.897. The number of aliphatic hydroxyl groups excluding tert-OH is 1. The van der Waals surface area contributed by atoms with Gasteiger partial charge in [-0.15, -0.1) is 0 Å². The van der Waals surface area contributed by atoms with Gasteiger partial charge in [0, 0.05) is 19.7 Å². The fraction of sp³-hybridized carbons (Fsp3) is 0.692. The number of nitrogens with zero attached hydrogens (tertiary/aromatic N) is 1. The van der Waals surface area contributed by atoms with Crippen LogP contribution in [0.25, 0.3) is 0 Å². The molecule has 1 N–H and O–H groups in total. The number of hydrogen-bond donors (Lipinski definition) is 1. The second-order valence-corrected chi connectivity index (χ2v) is 7.24. The van der Waals surface area contributed by atoms with Gasteiger partial charge in [-0.2, -0.15) is 0 Å². The van der Waals surface area contributed by atoms with E-state index in [0.717, 1.165) is 12.8 Å². The zero-order valence-electron chi connectivity index (χ0n) is 11.4. The highest BCUT2D eigenvalue weighted by Crippen LogP contribution is 2.28. The third-order valence-corrected chi connectivity index (χ3v) is 5.69. The summed E-state index contributed by atoms with van der Waals surface area (Å²) < 4.78 is 31.5. The fourth-order valence-corrected chi connectivity index (χ4v) is 4.11. The van der Waals surface area contributed by atoms with Crippen molar-refractivity contribution in [2.75, 3.05) is 13.6 Å². The molecule has 1 aromatic rings. The molecule has 0 amide bonds. The first-order valence-electron chi connectivity index (χ1n) is 6.61. The highest BCUT2D eigenvalue weighted by atomic mass is 32.2. The molecule has 2 rings (SSSR count). The summed E-state index contributed by atoms with van der Waals surface area (Å²) in [5, 5.41) is 9.01. The van der Waals surface area contributed by atoms with Crippen LogP contribution in [0.4, 0.5) is 0 Å². The molecular weight excluding hydrogens is 266 g/mol. The van der Waals surface area contributed by atoms with Gasteiger partial charge in [-0.05, 0) is 25.7 Å². The van der Waals surface area contributed by atoms with Crippen molar-refractivity contribution >= 4 is 10.0 Å². The highest BCUT2D eigenvalue weighted by Gasteiger charge is 2.28. The van der Waals surface area contributed by atoms with Crippen LogP contribution in [0.2, 0.25) is 0 Å². The topological polar surface area (TPSA) is 70.8 Å². The van der Waals surface area contributed by atoms with E-state index in [-0.39, 0.29) is 17.3 Å². The summed E-state index contributed by atoms with van der Waals surface area (Å²) >= 11 is 0. The number of rotatable bonds is 5. The van der Waals surface area contributed by atoms with Crippen molar-refractivity contribution in [1.82, 2.24) is 4.31 Å². The van der Waals surface area contributed by atoms with Gasteiger partial charge >= 0.3 is 0 Å². The SMILES string of the molecule is Cc1oc(CO)cc1S(=O)(=O)N(C)CC1CCCC1. The molecule has 1 aliphatic rings. The van der Waals surface area contributed by atoms with Crippen LogP contribution < -0.4 is 0 Å². The van der Waals surface area contributed by atoms with Gasteiger partial charge < -0.3 is 9.52 Å². The molecule has 0 saturated heterocycles. The average molecular weight is 287 g/mol. The monoisotopic (exact) mass is 287 g/mol. The minimum absolute atomic E-state index is 0.164. The molecule has 0 spiro atoms. The van der Waals surface area contributed by atoms with E-state index in [1.165, 1.54) is 23.2 Å². The molecule has 0 bridgehead atoms. The number of furan rings is 1. The molecule has 108 valence electrons. The van der Waals surface area contributed by atoms with Crippen LogP contribution in [0.5, 0.6) is 0 Å². The van der Waals surface area contributed by atoms with E-state index in [0.29, 0.717) is 18.2 Å². The Morgan fingerprint density at radius 1 is 1.42 bits per heavy atom. The molecule has 1 saturated carbocycles. The Balaban J connectivity index is 2.17. The summed E-state index contributed by atoms with van der Waals surface area (Å²) in [4.78, 5) is 0.164. The molecule has 0 atom stereocenters. The van der Waals surface area contributed by atoms with Crippen molar-refractivity contribution in [3.63, 3.8) is 0 Å². The molecule has 0 unspecified atom stereocenters. The van der Waals surface area contributed by atoms with Crippen molar-refractivity contribution in [3.05, 3.63) is 17.6 Å². The first-order chi connectivity index (χ1) is 8.95. The fourth-order valence-electron chi connectivity index (χ4n) is 2.68. The van der Waals surface area contributed by atoms with Crippen molar-refractivity contribution in [1.29, 1.82) is 0 Å². The maximum Gasteiger partial charge on any atom is 0.246 e. The van der Waals surface area contributed by atoms with E-state index >= 15 is 0 Å². The molecule has 0 aliphatic heterocycles. The second-order valence-electron chi connectivity index (χ2n) is 5.23. The van der Waals surface area contributed by atoms with Crippen LogP contribution in [0, 0.1) is 12.8 Å². The third kappa shape index (κ3) is 3.01. The number of aryl methyl sites for hydroxylation is 1. The summed E-state index contributed by atoms with van der Waals surface area (Å²) in [6, 6.07) is 1.41. The zero-order valence-corrected chi connectivity index (χ0v) is 12.2. The van der Waals surface area contributed by atoms with E-state index < -0.39 is 10.0 Å². The lowest BCUT2D eigenvalue weighted by molar-refractivity contribution is 0.244. The van der Waals surface area contributed by atoms with E-state index in [9.17, 15) is 8.42 Å². The minimum atomic E-state index is -3.52. The summed E-state index contributed by atoms with van der Waals surface area (Å²) in [5.41, 5.74) is 0. The molecule has 6 heteroatoms. The lowest BCUT2D eigenvalue weighted by Gasteiger charge is -2.20. The van der Waals surface area contributed by atoms with Crippen LogP contribution in [0.1, 0.15) is 37.2 Å². The van der Waals surface area contributed by atoms with Crippen LogP contribution in [-0.2, 0) is 16.6 Å². The van der Waals surface area contributed by atoms with Crippen LogP contribution in [0.15, 0.2) is 15.4 Å².